The molecule has 6 heteroatoms. The molecule has 1 saturated heterocycles. The van der Waals surface area contributed by atoms with Gasteiger partial charge in [-0.3, -0.25) is 4.79 Å². The summed E-state index contributed by atoms with van der Waals surface area (Å²) in [6.45, 7) is 0.784. The van der Waals surface area contributed by atoms with Gasteiger partial charge in [-0.05, 0) is 48.9 Å². The van der Waals surface area contributed by atoms with Crippen molar-refractivity contribution in [2.24, 2.45) is 0 Å². The van der Waals surface area contributed by atoms with E-state index in [0.717, 1.165) is 18.7 Å². The molecule has 1 aliphatic heterocycles. The van der Waals surface area contributed by atoms with Crippen molar-refractivity contribution in [2.45, 2.75) is 19.4 Å². The Labute approximate surface area is 151 Å². The van der Waals surface area contributed by atoms with Gasteiger partial charge in [-0.15, -0.1) is 0 Å². The third-order valence-electron chi connectivity index (χ3n) is 4.09. The molecule has 0 radical (unpaired) electrons. The first-order valence-electron chi connectivity index (χ1n) is 7.98. The highest BCUT2D eigenvalue weighted by Crippen LogP contribution is 2.24. The SMILES string of the molecule is COc1ccc(Cl)cc1COC(=O)c1ccc(N2CCCC2=O)cc1. The molecule has 0 N–H and O–H groups in total. The number of hydrogen-bond acceptors (Lipinski definition) is 4. The minimum atomic E-state index is -0.443. The molecule has 0 aromatic heterocycles. The van der Waals surface area contributed by atoms with E-state index < -0.39 is 5.97 Å². The van der Waals surface area contributed by atoms with E-state index in [1.807, 2.05) is 0 Å². The number of benzene rings is 2. The average molecular weight is 360 g/mol. The molecule has 1 amide bonds. The molecule has 0 saturated carbocycles. The van der Waals surface area contributed by atoms with Crippen LogP contribution in [0, 0.1) is 0 Å². The summed E-state index contributed by atoms with van der Waals surface area (Å²) in [4.78, 5) is 25.7. The molecule has 2 aromatic rings. The van der Waals surface area contributed by atoms with Crippen molar-refractivity contribution in [3.8, 4) is 5.75 Å². The van der Waals surface area contributed by atoms with Gasteiger partial charge in [-0.2, -0.15) is 0 Å². The number of methoxy groups -OCH3 is 1. The van der Waals surface area contributed by atoms with Crippen LogP contribution in [0.2, 0.25) is 5.02 Å². The normalized spacial score (nSPS) is 13.8. The lowest BCUT2D eigenvalue weighted by molar-refractivity contribution is -0.117. The Hall–Kier alpha value is -2.53. The van der Waals surface area contributed by atoms with Gasteiger partial charge in [0.2, 0.25) is 5.91 Å². The molecule has 130 valence electrons. The van der Waals surface area contributed by atoms with Crippen molar-refractivity contribution in [1.82, 2.24) is 0 Å². The Morgan fingerprint density at radius 2 is 1.96 bits per heavy atom. The maximum absolute atomic E-state index is 12.2. The van der Waals surface area contributed by atoms with Gasteiger partial charge in [-0.1, -0.05) is 11.6 Å². The Balaban J connectivity index is 1.65. The molecule has 1 aliphatic rings. The van der Waals surface area contributed by atoms with Gasteiger partial charge in [-0.25, -0.2) is 4.79 Å². The second kappa shape index (κ2) is 7.57. The topological polar surface area (TPSA) is 55.8 Å². The maximum Gasteiger partial charge on any atom is 0.338 e. The lowest BCUT2D eigenvalue weighted by Gasteiger charge is -2.15. The van der Waals surface area contributed by atoms with E-state index in [4.69, 9.17) is 21.1 Å². The van der Waals surface area contributed by atoms with Crippen LogP contribution in [0.5, 0.6) is 5.75 Å². The smallest absolute Gasteiger partial charge is 0.338 e. The molecular weight excluding hydrogens is 342 g/mol. The summed E-state index contributed by atoms with van der Waals surface area (Å²) in [5.74, 6) is 0.282. The van der Waals surface area contributed by atoms with E-state index >= 15 is 0 Å². The number of carbonyl (C=O) groups excluding carboxylic acids is 2. The van der Waals surface area contributed by atoms with Gasteiger partial charge in [0.1, 0.15) is 12.4 Å². The maximum atomic E-state index is 12.2. The van der Waals surface area contributed by atoms with Crippen molar-refractivity contribution in [2.75, 3.05) is 18.6 Å². The molecular formula is C19H18ClNO4. The van der Waals surface area contributed by atoms with E-state index in [9.17, 15) is 9.59 Å². The van der Waals surface area contributed by atoms with Gasteiger partial charge < -0.3 is 14.4 Å². The zero-order valence-corrected chi connectivity index (χ0v) is 14.6. The average Bonchev–Trinajstić information content (AvgIpc) is 3.06. The molecule has 5 nitrogen and oxygen atoms in total. The van der Waals surface area contributed by atoms with Crippen LogP contribution < -0.4 is 9.64 Å². The van der Waals surface area contributed by atoms with E-state index in [0.29, 0.717) is 28.3 Å². The van der Waals surface area contributed by atoms with Crippen LogP contribution >= 0.6 is 11.6 Å². The number of halogens is 1. The van der Waals surface area contributed by atoms with Crippen molar-refractivity contribution in [3.63, 3.8) is 0 Å². The summed E-state index contributed by atoms with van der Waals surface area (Å²) in [5.41, 5.74) is 1.93. The zero-order chi connectivity index (χ0) is 17.8. The third kappa shape index (κ3) is 3.94. The van der Waals surface area contributed by atoms with Gasteiger partial charge in [0, 0.05) is 29.2 Å². The summed E-state index contributed by atoms with van der Waals surface area (Å²) < 4.78 is 10.6. The number of amides is 1. The number of esters is 1. The van der Waals surface area contributed by atoms with Crippen LogP contribution in [0.4, 0.5) is 5.69 Å². The first-order valence-corrected chi connectivity index (χ1v) is 8.36. The number of carbonyl (C=O) groups is 2. The molecule has 0 bridgehead atoms. The zero-order valence-electron chi connectivity index (χ0n) is 13.8. The first-order chi connectivity index (χ1) is 12.1. The molecule has 1 heterocycles. The monoisotopic (exact) mass is 359 g/mol. The second-order valence-electron chi connectivity index (χ2n) is 5.73. The van der Waals surface area contributed by atoms with Crippen LogP contribution in [0.15, 0.2) is 42.5 Å². The minimum Gasteiger partial charge on any atom is -0.496 e. The highest BCUT2D eigenvalue weighted by Gasteiger charge is 2.21. The molecule has 0 unspecified atom stereocenters. The Morgan fingerprint density at radius 3 is 2.60 bits per heavy atom. The standard InChI is InChI=1S/C19H18ClNO4/c1-24-17-9-6-15(20)11-14(17)12-25-19(23)13-4-7-16(8-5-13)21-10-2-3-18(21)22/h4-9,11H,2-3,10,12H2,1H3. The number of ether oxygens (including phenoxy) is 2. The van der Waals surface area contributed by atoms with Gasteiger partial charge in [0.05, 0.1) is 12.7 Å². The van der Waals surface area contributed by atoms with E-state index in [2.05, 4.69) is 0 Å². The molecule has 0 aliphatic carbocycles. The summed E-state index contributed by atoms with van der Waals surface area (Å²) in [5, 5.41) is 0.548. The van der Waals surface area contributed by atoms with Gasteiger partial charge in [0.15, 0.2) is 0 Å². The Kier molecular flexibility index (Phi) is 5.24. The highest BCUT2D eigenvalue weighted by atomic mass is 35.5. The number of nitrogens with zero attached hydrogens (tertiary/aromatic N) is 1. The van der Waals surface area contributed by atoms with Crippen LogP contribution in [-0.4, -0.2) is 25.5 Å². The number of rotatable bonds is 5. The van der Waals surface area contributed by atoms with Crippen molar-refractivity contribution >= 4 is 29.2 Å². The van der Waals surface area contributed by atoms with E-state index in [1.165, 1.54) is 0 Å². The van der Waals surface area contributed by atoms with Crippen molar-refractivity contribution < 1.29 is 19.1 Å². The lowest BCUT2D eigenvalue weighted by atomic mass is 10.2. The van der Waals surface area contributed by atoms with Crippen LogP contribution in [-0.2, 0) is 16.1 Å². The fraction of sp³-hybridized carbons (Fsp3) is 0.263. The molecule has 0 atom stereocenters. The van der Waals surface area contributed by atoms with E-state index in [1.54, 1.807) is 54.5 Å². The predicted octanol–water partition coefficient (Wildman–Crippen LogP) is 3.83. The van der Waals surface area contributed by atoms with E-state index in [-0.39, 0.29) is 12.5 Å². The fourth-order valence-corrected chi connectivity index (χ4v) is 2.98. The first kappa shape index (κ1) is 17.3. The summed E-state index contributed by atoms with van der Waals surface area (Å²) in [6, 6.07) is 12.0. The van der Waals surface area contributed by atoms with Crippen molar-refractivity contribution in [3.05, 3.63) is 58.6 Å². The Morgan fingerprint density at radius 1 is 1.20 bits per heavy atom. The number of anilines is 1. The van der Waals surface area contributed by atoms with Crippen LogP contribution in [0.1, 0.15) is 28.8 Å². The second-order valence-corrected chi connectivity index (χ2v) is 6.16. The summed E-state index contributed by atoms with van der Waals surface area (Å²) in [7, 11) is 1.55. The Bertz CT molecular complexity index is 789. The van der Waals surface area contributed by atoms with Crippen LogP contribution in [0.25, 0.3) is 0 Å². The van der Waals surface area contributed by atoms with Crippen molar-refractivity contribution in [1.29, 1.82) is 0 Å². The molecule has 25 heavy (non-hydrogen) atoms. The van der Waals surface area contributed by atoms with Gasteiger partial charge in [0.25, 0.3) is 0 Å². The quantitative estimate of drug-likeness (QED) is 0.761. The molecule has 0 spiro atoms. The largest absolute Gasteiger partial charge is 0.496 e. The highest BCUT2D eigenvalue weighted by molar-refractivity contribution is 6.30. The lowest BCUT2D eigenvalue weighted by Crippen LogP contribution is -2.23. The summed E-state index contributed by atoms with van der Waals surface area (Å²) >= 11 is 5.97. The fourth-order valence-electron chi connectivity index (χ4n) is 2.79. The predicted molar refractivity (Wildman–Crippen MR) is 95.2 cm³/mol. The van der Waals surface area contributed by atoms with Gasteiger partial charge >= 0.3 is 5.97 Å². The number of hydrogen-bond donors (Lipinski definition) is 0. The van der Waals surface area contributed by atoms with Crippen LogP contribution in [0.3, 0.4) is 0 Å². The minimum absolute atomic E-state index is 0.0644. The summed E-state index contributed by atoms with van der Waals surface area (Å²) in [6.07, 6.45) is 1.44. The molecule has 1 fully saturated rings. The molecule has 3 rings (SSSR count). The molecule has 2 aromatic carbocycles. The third-order valence-corrected chi connectivity index (χ3v) is 4.32.